The zero-order valence-electron chi connectivity index (χ0n) is 11.3. The number of carbonyl (C=O) groups is 2. The van der Waals surface area contributed by atoms with E-state index in [1.807, 2.05) is 22.6 Å². The number of hydrogen-bond acceptors (Lipinski definition) is 4. The van der Waals surface area contributed by atoms with E-state index >= 15 is 0 Å². The topological polar surface area (TPSA) is 84.9 Å². The van der Waals surface area contributed by atoms with Crippen molar-refractivity contribution in [2.24, 2.45) is 0 Å². The molecule has 0 bridgehead atoms. The van der Waals surface area contributed by atoms with Crippen LogP contribution in [-0.4, -0.2) is 42.8 Å². The first-order valence-electron chi connectivity index (χ1n) is 6.59. The van der Waals surface area contributed by atoms with E-state index in [4.69, 9.17) is 14.6 Å². The van der Waals surface area contributed by atoms with Crippen molar-refractivity contribution in [1.29, 1.82) is 0 Å². The summed E-state index contributed by atoms with van der Waals surface area (Å²) < 4.78 is 11.4. The smallest absolute Gasteiger partial charge is 0.335 e. The van der Waals surface area contributed by atoms with Crippen LogP contribution >= 0.6 is 22.6 Å². The van der Waals surface area contributed by atoms with Crippen LogP contribution in [0.2, 0.25) is 0 Å². The minimum absolute atomic E-state index is 0.124. The highest BCUT2D eigenvalue weighted by atomic mass is 127. The number of rotatable bonds is 5. The Balaban J connectivity index is 1.88. The minimum Gasteiger partial charge on any atom is -0.483 e. The first-order chi connectivity index (χ1) is 10.1. The van der Waals surface area contributed by atoms with Crippen LogP contribution in [0, 0.1) is 3.57 Å². The van der Waals surface area contributed by atoms with Crippen molar-refractivity contribution in [2.45, 2.75) is 18.9 Å². The maximum absolute atomic E-state index is 11.8. The van der Waals surface area contributed by atoms with Crippen molar-refractivity contribution < 1.29 is 24.2 Å². The molecule has 0 radical (unpaired) electrons. The van der Waals surface area contributed by atoms with E-state index in [0.717, 1.165) is 16.4 Å². The van der Waals surface area contributed by atoms with Gasteiger partial charge in [0.1, 0.15) is 5.75 Å². The van der Waals surface area contributed by atoms with Gasteiger partial charge in [-0.2, -0.15) is 0 Å². The van der Waals surface area contributed by atoms with Gasteiger partial charge in [0.2, 0.25) is 0 Å². The van der Waals surface area contributed by atoms with Gasteiger partial charge in [-0.15, -0.1) is 0 Å². The zero-order valence-corrected chi connectivity index (χ0v) is 13.5. The van der Waals surface area contributed by atoms with E-state index in [9.17, 15) is 9.59 Å². The van der Waals surface area contributed by atoms with Crippen molar-refractivity contribution >= 4 is 34.5 Å². The lowest BCUT2D eigenvalue weighted by atomic mass is 10.1. The van der Waals surface area contributed by atoms with E-state index in [1.54, 1.807) is 6.07 Å². The third-order valence-electron chi connectivity index (χ3n) is 3.12. The summed E-state index contributed by atoms with van der Waals surface area (Å²) in [5, 5.41) is 11.8. The molecule has 1 saturated heterocycles. The monoisotopic (exact) mass is 405 g/mol. The third kappa shape index (κ3) is 4.85. The van der Waals surface area contributed by atoms with Crippen LogP contribution in [0.15, 0.2) is 18.2 Å². The Morgan fingerprint density at radius 3 is 2.76 bits per heavy atom. The summed E-state index contributed by atoms with van der Waals surface area (Å²) in [7, 11) is 0. The van der Waals surface area contributed by atoms with Gasteiger partial charge in [0.05, 0.1) is 9.13 Å². The molecule has 7 heteroatoms. The fourth-order valence-electron chi connectivity index (χ4n) is 2.00. The van der Waals surface area contributed by atoms with Gasteiger partial charge in [0.15, 0.2) is 6.61 Å². The van der Waals surface area contributed by atoms with Crippen LogP contribution in [0.3, 0.4) is 0 Å². The standard InChI is InChI=1S/C14H16INO5/c15-11-2-1-9(14(18)19)7-12(11)21-8-13(17)16-10-3-5-20-6-4-10/h1-2,7,10H,3-6,8H2,(H,16,17)(H,18,19). The predicted molar refractivity (Wildman–Crippen MR) is 83.6 cm³/mol. The maximum Gasteiger partial charge on any atom is 0.335 e. The molecule has 1 aliphatic rings. The van der Waals surface area contributed by atoms with Crippen molar-refractivity contribution in [3.05, 3.63) is 27.3 Å². The molecule has 1 amide bonds. The predicted octanol–water partition coefficient (Wildman–Crippen LogP) is 1.66. The summed E-state index contributed by atoms with van der Waals surface area (Å²) in [6.45, 7) is 1.19. The summed E-state index contributed by atoms with van der Waals surface area (Å²) in [6.07, 6.45) is 1.61. The average molecular weight is 405 g/mol. The molecule has 0 saturated carbocycles. The number of aromatic carboxylic acids is 1. The Labute approximate surface area is 136 Å². The van der Waals surface area contributed by atoms with Gasteiger partial charge in [0.25, 0.3) is 5.91 Å². The Kier molecular flexibility index (Phi) is 5.80. The molecule has 0 atom stereocenters. The molecule has 21 heavy (non-hydrogen) atoms. The summed E-state index contributed by atoms with van der Waals surface area (Å²) in [5.74, 6) is -0.834. The number of nitrogens with one attached hydrogen (secondary N) is 1. The molecule has 1 aromatic rings. The number of ether oxygens (including phenoxy) is 2. The number of carboxylic acids is 1. The number of hydrogen-bond donors (Lipinski definition) is 2. The highest BCUT2D eigenvalue weighted by Crippen LogP contribution is 2.22. The van der Waals surface area contributed by atoms with Crippen LogP contribution in [0.4, 0.5) is 0 Å². The number of carbonyl (C=O) groups excluding carboxylic acids is 1. The Morgan fingerprint density at radius 2 is 2.10 bits per heavy atom. The normalized spacial score (nSPS) is 15.5. The molecule has 1 fully saturated rings. The van der Waals surface area contributed by atoms with Crippen LogP contribution in [-0.2, 0) is 9.53 Å². The van der Waals surface area contributed by atoms with Crippen LogP contribution in [0.1, 0.15) is 23.2 Å². The molecule has 0 unspecified atom stereocenters. The molecule has 2 rings (SSSR count). The second-order valence-electron chi connectivity index (χ2n) is 4.69. The highest BCUT2D eigenvalue weighted by Gasteiger charge is 2.16. The molecule has 1 aliphatic heterocycles. The molecule has 6 nitrogen and oxygen atoms in total. The summed E-state index contributed by atoms with van der Waals surface area (Å²) in [4.78, 5) is 22.7. The quantitative estimate of drug-likeness (QED) is 0.729. The molecule has 0 spiro atoms. The molecule has 1 aromatic carbocycles. The lowest BCUT2D eigenvalue weighted by Gasteiger charge is -2.23. The van der Waals surface area contributed by atoms with E-state index in [2.05, 4.69) is 5.32 Å². The highest BCUT2D eigenvalue weighted by molar-refractivity contribution is 14.1. The molecule has 0 aromatic heterocycles. The number of benzene rings is 1. The lowest BCUT2D eigenvalue weighted by molar-refractivity contribution is -0.124. The lowest BCUT2D eigenvalue weighted by Crippen LogP contribution is -2.41. The fraction of sp³-hybridized carbons (Fsp3) is 0.429. The molecular weight excluding hydrogens is 389 g/mol. The first-order valence-corrected chi connectivity index (χ1v) is 7.67. The molecular formula is C14H16INO5. The molecule has 114 valence electrons. The minimum atomic E-state index is -1.03. The molecule has 2 N–H and O–H groups in total. The largest absolute Gasteiger partial charge is 0.483 e. The van der Waals surface area contributed by atoms with E-state index < -0.39 is 5.97 Å². The van der Waals surface area contributed by atoms with Crippen molar-refractivity contribution in [3.63, 3.8) is 0 Å². The van der Waals surface area contributed by atoms with Gasteiger partial charge < -0.3 is 19.9 Å². The number of amides is 1. The summed E-state index contributed by atoms with van der Waals surface area (Å²) >= 11 is 2.04. The van der Waals surface area contributed by atoms with Gasteiger partial charge in [-0.3, -0.25) is 4.79 Å². The first kappa shape index (κ1) is 16.0. The van der Waals surface area contributed by atoms with E-state index in [0.29, 0.717) is 19.0 Å². The van der Waals surface area contributed by atoms with Crippen LogP contribution in [0.5, 0.6) is 5.75 Å². The Bertz CT molecular complexity index is 528. The van der Waals surface area contributed by atoms with Crippen molar-refractivity contribution in [2.75, 3.05) is 19.8 Å². The fourth-order valence-corrected chi connectivity index (χ4v) is 2.49. The van der Waals surface area contributed by atoms with Gasteiger partial charge in [-0.1, -0.05) is 0 Å². The average Bonchev–Trinajstić information content (AvgIpc) is 2.47. The van der Waals surface area contributed by atoms with Gasteiger partial charge in [0, 0.05) is 19.3 Å². The SMILES string of the molecule is O=C(COc1cc(C(=O)O)ccc1I)NC1CCOCC1. The van der Waals surface area contributed by atoms with Gasteiger partial charge in [-0.05, 0) is 53.6 Å². The summed E-state index contributed by atoms with van der Waals surface area (Å²) in [5.41, 5.74) is 0.134. The van der Waals surface area contributed by atoms with Gasteiger partial charge >= 0.3 is 5.97 Å². The molecule has 0 aliphatic carbocycles. The zero-order chi connectivity index (χ0) is 15.2. The Hall–Kier alpha value is -1.35. The van der Waals surface area contributed by atoms with Crippen LogP contribution in [0.25, 0.3) is 0 Å². The van der Waals surface area contributed by atoms with Crippen molar-refractivity contribution in [3.8, 4) is 5.75 Å². The second kappa shape index (κ2) is 7.60. The Morgan fingerprint density at radius 1 is 1.38 bits per heavy atom. The second-order valence-corrected chi connectivity index (χ2v) is 5.86. The van der Waals surface area contributed by atoms with E-state index in [1.165, 1.54) is 12.1 Å². The molecule has 1 heterocycles. The van der Waals surface area contributed by atoms with Gasteiger partial charge in [-0.25, -0.2) is 4.79 Å². The third-order valence-corrected chi connectivity index (χ3v) is 4.01. The number of carboxylic acid groups (broad SMARTS) is 1. The van der Waals surface area contributed by atoms with Crippen molar-refractivity contribution in [1.82, 2.24) is 5.32 Å². The number of halogens is 1. The van der Waals surface area contributed by atoms with Crippen LogP contribution < -0.4 is 10.1 Å². The summed E-state index contributed by atoms with van der Waals surface area (Å²) in [6, 6.07) is 4.69. The maximum atomic E-state index is 11.8. The van der Waals surface area contributed by atoms with E-state index in [-0.39, 0.29) is 24.1 Å².